The molecule has 3 aromatic carbocycles. The molecule has 0 radical (unpaired) electrons. The molecule has 0 bridgehead atoms. The topological polar surface area (TPSA) is 73.8 Å². The van der Waals surface area contributed by atoms with E-state index in [2.05, 4.69) is 50.5 Å². The first-order valence-corrected chi connectivity index (χ1v) is 13.2. The third-order valence-electron chi connectivity index (χ3n) is 6.00. The van der Waals surface area contributed by atoms with Crippen LogP contribution in [-0.2, 0) is 6.42 Å². The predicted octanol–water partition coefficient (Wildman–Crippen LogP) is 6.27. The van der Waals surface area contributed by atoms with Gasteiger partial charge in [-0.25, -0.2) is 9.82 Å². The van der Waals surface area contributed by atoms with Crippen LogP contribution in [0.5, 0.6) is 0 Å². The SMILES string of the molecule is CCN(CC)CCCCc1ccc(C(=O)Nc2ccc(Br)cc2C(=O)N/N=C/c2cccc(F)c2)cc1. The first kappa shape index (κ1) is 28.2. The number of carbonyl (C=O) groups is 2. The average molecular weight is 568 g/mol. The Kier molecular flexibility index (Phi) is 11.0. The van der Waals surface area contributed by atoms with Crippen molar-refractivity contribution in [1.82, 2.24) is 10.3 Å². The third-order valence-corrected chi connectivity index (χ3v) is 6.50. The van der Waals surface area contributed by atoms with Crippen molar-refractivity contribution in [2.75, 3.05) is 25.0 Å². The molecule has 2 N–H and O–H groups in total. The van der Waals surface area contributed by atoms with Crippen LogP contribution < -0.4 is 10.7 Å². The Bertz CT molecular complexity index is 1230. The van der Waals surface area contributed by atoms with Crippen LogP contribution >= 0.6 is 15.9 Å². The molecular weight excluding hydrogens is 535 g/mol. The molecule has 0 aliphatic carbocycles. The number of halogens is 2. The summed E-state index contributed by atoms with van der Waals surface area (Å²) in [7, 11) is 0. The summed E-state index contributed by atoms with van der Waals surface area (Å²) in [5.74, 6) is -1.22. The molecule has 0 aliphatic rings. The number of nitrogens with one attached hydrogen (secondary N) is 2. The number of nitrogens with zero attached hydrogens (tertiary/aromatic N) is 2. The van der Waals surface area contributed by atoms with Gasteiger partial charge in [-0.3, -0.25) is 9.59 Å². The summed E-state index contributed by atoms with van der Waals surface area (Å²) in [6.07, 6.45) is 4.56. The van der Waals surface area contributed by atoms with Crippen molar-refractivity contribution in [2.24, 2.45) is 5.10 Å². The van der Waals surface area contributed by atoms with Crippen LogP contribution in [0.3, 0.4) is 0 Å². The summed E-state index contributed by atoms with van der Waals surface area (Å²) in [5.41, 5.74) is 5.23. The highest BCUT2D eigenvalue weighted by Crippen LogP contribution is 2.22. The van der Waals surface area contributed by atoms with Crippen LogP contribution in [-0.4, -0.2) is 42.6 Å². The smallest absolute Gasteiger partial charge is 0.273 e. The number of hydrazone groups is 1. The minimum atomic E-state index is -0.510. The lowest BCUT2D eigenvalue weighted by Gasteiger charge is -2.17. The second kappa shape index (κ2) is 14.4. The molecule has 6 nitrogen and oxygen atoms in total. The number of unbranched alkanes of at least 4 members (excludes halogenated alkanes) is 1. The minimum Gasteiger partial charge on any atom is -0.321 e. The molecule has 3 aromatic rings. The summed E-state index contributed by atoms with van der Waals surface area (Å²) in [5, 5.41) is 6.72. The Balaban J connectivity index is 1.60. The van der Waals surface area contributed by atoms with Gasteiger partial charge in [-0.05, 0) is 92.5 Å². The number of hydrogen-bond donors (Lipinski definition) is 2. The van der Waals surface area contributed by atoms with E-state index in [1.807, 2.05) is 12.1 Å². The lowest BCUT2D eigenvalue weighted by atomic mass is 10.1. The van der Waals surface area contributed by atoms with E-state index in [0.717, 1.165) is 38.9 Å². The van der Waals surface area contributed by atoms with Gasteiger partial charge in [-0.1, -0.05) is 54.0 Å². The summed E-state index contributed by atoms with van der Waals surface area (Å²) in [6, 6.07) is 18.4. The highest BCUT2D eigenvalue weighted by molar-refractivity contribution is 9.10. The molecule has 194 valence electrons. The average Bonchev–Trinajstić information content (AvgIpc) is 2.90. The zero-order valence-corrected chi connectivity index (χ0v) is 22.7. The van der Waals surface area contributed by atoms with Gasteiger partial charge in [0.1, 0.15) is 5.82 Å². The second-order valence-electron chi connectivity index (χ2n) is 8.58. The number of aryl methyl sites for hydroxylation is 1. The van der Waals surface area contributed by atoms with E-state index in [4.69, 9.17) is 0 Å². The van der Waals surface area contributed by atoms with E-state index >= 15 is 0 Å². The van der Waals surface area contributed by atoms with Gasteiger partial charge >= 0.3 is 0 Å². The Morgan fingerprint density at radius 3 is 2.43 bits per heavy atom. The molecule has 0 aromatic heterocycles. The van der Waals surface area contributed by atoms with Crippen LogP contribution in [0.25, 0.3) is 0 Å². The van der Waals surface area contributed by atoms with Gasteiger partial charge in [-0.15, -0.1) is 0 Å². The number of carbonyl (C=O) groups excluding carboxylic acids is 2. The maximum atomic E-state index is 13.3. The van der Waals surface area contributed by atoms with Gasteiger partial charge < -0.3 is 10.2 Å². The fraction of sp³-hybridized carbons (Fsp3) is 0.276. The third kappa shape index (κ3) is 8.91. The summed E-state index contributed by atoms with van der Waals surface area (Å²) >= 11 is 3.36. The number of anilines is 1. The Hall–Kier alpha value is -3.36. The van der Waals surface area contributed by atoms with Gasteiger partial charge in [0.2, 0.25) is 0 Å². The van der Waals surface area contributed by atoms with Crippen molar-refractivity contribution in [2.45, 2.75) is 33.1 Å². The molecule has 0 heterocycles. The van der Waals surface area contributed by atoms with E-state index in [-0.39, 0.29) is 11.5 Å². The number of amides is 2. The van der Waals surface area contributed by atoms with Crippen LogP contribution in [0.1, 0.15) is 58.5 Å². The maximum Gasteiger partial charge on any atom is 0.273 e. The lowest BCUT2D eigenvalue weighted by molar-refractivity contribution is 0.0956. The van der Waals surface area contributed by atoms with E-state index in [1.54, 1.807) is 42.5 Å². The van der Waals surface area contributed by atoms with Crippen molar-refractivity contribution in [1.29, 1.82) is 0 Å². The van der Waals surface area contributed by atoms with Gasteiger partial charge in [0.15, 0.2) is 0 Å². The van der Waals surface area contributed by atoms with Gasteiger partial charge in [-0.2, -0.15) is 5.10 Å². The van der Waals surface area contributed by atoms with Crippen molar-refractivity contribution in [3.63, 3.8) is 0 Å². The Morgan fingerprint density at radius 2 is 1.73 bits per heavy atom. The molecule has 0 spiro atoms. The van der Waals surface area contributed by atoms with Gasteiger partial charge in [0.25, 0.3) is 11.8 Å². The van der Waals surface area contributed by atoms with Crippen molar-refractivity contribution >= 4 is 39.6 Å². The lowest BCUT2D eigenvalue weighted by Crippen LogP contribution is -2.23. The number of rotatable bonds is 12. The zero-order valence-electron chi connectivity index (χ0n) is 21.1. The van der Waals surface area contributed by atoms with E-state index < -0.39 is 11.7 Å². The minimum absolute atomic E-state index is 0.240. The standard InChI is InChI=1S/C29H32BrFN4O2/c1-3-35(4-2)17-6-5-8-21-11-13-23(14-12-21)28(36)33-27-16-15-24(30)19-26(27)29(37)34-32-20-22-9-7-10-25(31)18-22/h7,9-16,18-20H,3-6,8,17H2,1-2H3,(H,33,36)(H,34,37)/b32-20+. The molecule has 0 aliphatic heterocycles. The predicted molar refractivity (Wildman–Crippen MR) is 151 cm³/mol. The zero-order chi connectivity index (χ0) is 26.6. The van der Waals surface area contributed by atoms with Crippen LogP contribution in [0.4, 0.5) is 10.1 Å². The fourth-order valence-corrected chi connectivity index (χ4v) is 4.21. The second-order valence-corrected chi connectivity index (χ2v) is 9.49. The van der Waals surface area contributed by atoms with Crippen molar-refractivity contribution in [3.05, 3.63) is 99.3 Å². The first-order valence-electron chi connectivity index (χ1n) is 12.4. The molecular formula is C29H32BrFN4O2. The van der Waals surface area contributed by atoms with E-state index in [0.29, 0.717) is 21.3 Å². The maximum absolute atomic E-state index is 13.3. The molecule has 37 heavy (non-hydrogen) atoms. The van der Waals surface area contributed by atoms with Crippen molar-refractivity contribution < 1.29 is 14.0 Å². The molecule has 3 rings (SSSR count). The molecule has 8 heteroatoms. The van der Waals surface area contributed by atoms with Gasteiger partial charge in [0, 0.05) is 10.0 Å². The highest BCUT2D eigenvalue weighted by atomic mass is 79.9. The summed E-state index contributed by atoms with van der Waals surface area (Å²) in [6.45, 7) is 7.61. The van der Waals surface area contributed by atoms with Crippen LogP contribution in [0.2, 0.25) is 0 Å². The molecule has 0 unspecified atom stereocenters. The van der Waals surface area contributed by atoms with Crippen molar-refractivity contribution in [3.8, 4) is 0 Å². The normalized spacial score (nSPS) is 11.2. The largest absolute Gasteiger partial charge is 0.321 e. The molecule has 0 saturated carbocycles. The Labute approximate surface area is 226 Å². The summed E-state index contributed by atoms with van der Waals surface area (Å²) < 4.78 is 14.0. The van der Waals surface area contributed by atoms with E-state index in [1.165, 1.54) is 23.9 Å². The molecule has 0 fully saturated rings. The van der Waals surface area contributed by atoms with Gasteiger partial charge in [0.05, 0.1) is 17.5 Å². The van der Waals surface area contributed by atoms with Crippen LogP contribution in [0.15, 0.2) is 76.3 Å². The quantitative estimate of drug-likeness (QED) is 0.154. The Morgan fingerprint density at radius 1 is 0.973 bits per heavy atom. The highest BCUT2D eigenvalue weighted by Gasteiger charge is 2.15. The molecule has 0 saturated heterocycles. The molecule has 2 amide bonds. The number of benzene rings is 3. The number of hydrogen-bond acceptors (Lipinski definition) is 4. The summed E-state index contributed by atoms with van der Waals surface area (Å²) in [4.78, 5) is 28.1. The monoisotopic (exact) mass is 566 g/mol. The molecule has 0 atom stereocenters. The fourth-order valence-electron chi connectivity index (χ4n) is 3.85. The van der Waals surface area contributed by atoms with Crippen LogP contribution in [0, 0.1) is 5.82 Å². The van der Waals surface area contributed by atoms with E-state index in [9.17, 15) is 14.0 Å². The first-order chi connectivity index (χ1) is 17.9.